The molecule has 1 nitrogen and oxygen atoms in total. The number of rotatable bonds is 5. The Balaban J connectivity index is 6.25. The lowest BCUT2D eigenvalue weighted by Crippen LogP contribution is -2.69. The highest BCUT2D eigenvalue weighted by molar-refractivity contribution is 6.22. The molecule has 23 heavy (non-hydrogen) atoms. The first kappa shape index (κ1) is 22.0. The van der Waals surface area contributed by atoms with Crippen molar-refractivity contribution in [2.75, 3.05) is 6.61 Å². The van der Waals surface area contributed by atoms with Crippen LogP contribution in [-0.2, 0) is 0 Å². The van der Waals surface area contributed by atoms with Crippen LogP contribution >= 0.6 is 11.6 Å². The first-order valence-corrected chi connectivity index (χ1v) is 5.25. The minimum Gasteiger partial charge on any atom is -0.384 e. The second kappa shape index (κ2) is 5.80. The van der Waals surface area contributed by atoms with Crippen LogP contribution in [0.4, 0.5) is 52.7 Å². The SMILES string of the molecule is OCC#CC(F)(F)C(F)(F)C(F)(F)C(F)(F)C(F)(F)C(F)(F)Cl. The Morgan fingerprint density at radius 3 is 1.30 bits per heavy atom. The molecule has 0 aliphatic heterocycles. The zero-order valence-corrected chi connectivity index (χ0v) is 10.8. The number of aliphatic hydroxyl groups is 1. The monoisotopic (exact) mass is 390 g/mol. The third-order valence-corrected chi connectivity index (χ3v) is 2.50. The van der Waals surface area contributed by atoms with E-state index in [9.17, 15) is 52.7 Å². The zero-order chi connectivity index (χ0) is 19.1. The van der Waals surface area contributed by atoms with Gasteiger partial charge in [-0.1, -0.05) is 5.92 Å². The maximum Gasteiger partial charge on any atom is 0.393 e. The van der Waals surface area contributed by atoms with Crippen LogP contribution in [0.15, 0.2) is 0 Å². The molecule has 0 aromatic carbocycles. The van der Waals surface area contributed by atoms with E-state index in [0.717, 1.165) is 5.92 Å². The van der Waals surface area contributed by atoms with Gasteiger partial charge in [-0.3, -0.25) is 0 Å². The minimum atomic E-state index is -7.70. The van der Waals surface area contributed by atoms with Crippen LogP contribution in [0.25, 0.3) is 0 Å². The summed E-state index contributed by atoms with van der Waals surface area (Å²) in [6.07, 6.45) is 0. The fourth-order valence-electron chi connectivity index (χ4n) is 0.999. The van der Waals surface area contributed by atoms with Crippen LogP contribution in [0, 0.1) is 11.8 Å². The molecule has 0 atom stereocenters. The van der Waals surface area contributed by atoms with E-state index in [2.05, 4.69) is 11.6 Å². The van der Waals surface area contributed by atoms with Crippen molar-refractivity contribution in [3.05, 3.63) is 0 Å². The molecule has 0 amide bonds. The van der Waals surface area contributed by atoms with Gasteiger partial charge in [0.2, 0.25) is 0 Å². The lowest BCUT2D eigenvalue weighted by Gasteiger charge is -2.38. The number of alkyl halides is 13. The molecule has 0 heterocycles. The van der Waals surface area contributed by atoms with Gasteiger partial charge in [-0.05, 0) is 17.5 Å². The van der Waals surface area contributed by atoms with Crippen molar-refractivity contribution in [1.82, 2.24) is 0 Å². The average Bonchev–Trinajstić information content (AvgIpc) is 2.34. The highest BCUT2D eigenvalue weighted by Crippen LogP contribution is 2.60. The summed E-state index contributed by atoms with van der Waals surface area (Å²) in [6.45, 7) is -1.61. The van der Waals surface area contributed by atoms with Crippen LogP contribution in [0.1, 0.15) is 0 Å². The van der Waals surface area contributed by atoms with E-state index in [1.165, 1.54) is 0 Å². The first-order chi connectivity index (χ1) is 9.81. The Morgan fingerprint density at radius 2 is 1.00 bits per heavy atom. The van der Waals surface area contributed by atoms with Crippen molar-refractivity contribution >= 4 is 11.6 Å². The summed E-state index contributed by atoms with van der Waals surface area (Å²) in [4.78, 5) is 0. The van der Waals surface area contributed by atoms with E-state index in [1.54, 1.807) is 0 Å². The van der Waals surface area contributed by atoms with Crippen molar-refractivity contribution in [2.45, 2.75) is 35.0 Å². The lowest BCUT2D eigenvalue weighted by molar-refractivity contribution is -0.410. The second-order valence-corrected chi connectivity index (χ2v) is 4.30. The molecule has 1 N–H and O–H groups in total. The van der Waals surface area contributed by atoms with Crippen LogP contribution in [0.3, 0.4) is 0 Å². The predicted octanol–water partition coefficient (Wildman–Crippen LogP) is 3.99. The normalized spacial score (nSPS) is 15.2. The largest absolute Gasteiger partial charge is 0.393 e. The first-order valence-electron chi connectivity index (χ1n) is 4.88. The highest BCUT2D eigenvalue weighted by Gasteiger charge is 2.90. The lowest BCUT2D eigenvalue weighted by atomic mass is 9.94. The Bertz CT molecular complexity index is 497. The van der Waals surface area contributed by atoms with Gasteiger partial charge in [-0.15, -0.1) is 0 Å². The van der Waals surface area contributed by atoms with Gasteiger partial charge in [0.1, 0.15) is 6.61 Å². The molecule has 0 rings (SSSR count). The Kier molecular flexibility index (Phi) is 5.54. The van der Waals surface area contributed by atoms with Crippen molar-refractivity contribution < 1.29 is 57.8 Å². The summed E-state index contributed by atoms with van der Waals surface area (Å²) in [5.74, 6) is -35.7. The number of hydrogen-bond donors (Lipinski definition) is 1. The van der Waals surface area contributed by atoms with Gasteiger partial charge in [0.15, 0.2) is 0 Å². The van der Waals surface area contributed by atoms with E-state index >= 15 is 0 Å². The Labute approximate surface area is 124 Å². The standard InChI is InChI=1S/C9H3ClF12O/c10-9(21,22)8(19,20)7(17,18)6(15,16)5(13,14)4(11,12)2-1-3-23/h23H,3H2. The predicted molar refractivity (Wildman–Crippen MR) is 50.4 cm³/mol. The molecule has 0 saturated carbocycles. The topological polar surface area (TPSA) is 20.2 Å². The van der Waals surface area contributed by atoms with Crippen LogP contribution < -0.4 is 0 Å². The van der Waals surface area contributed by atoms with Crippen LogP contribution in [0.5, 0.6) is 0 Å². The molecule has 0 aromatic heterocycles. The molecule has 0 bridgehead atoms. The summed E-state index contributed by atoms with van der Waals surface area (Å²) in [5, 5.41) is 1.50. The van der Waals surface area contributed by atoms with E-state index < -0.39 is 41.6 Å². The van der Waals surface area contributed by atoms with Gasteiger partial charge in [0.05, 0.1) is 0 Å². The van der Waals surface area contributed by atoms with E-state index in [4.69, 9.17) is 5.11 Å². The van der Waals surface area contributed by atoms with Gasteiger partial charge >= 0.3 is 35.0 Å². The molecule has 14 heteroatoms. The molecule has 0 spiro atoms. The molecule has 0 fully saturated rings. The van der Waals surface area contributed by atoms with E-state index in [-0.39, 0.29) is 5.92 Å². The zero-order valence-electron chi connectivity index (χ0n) is 10.1. The molecular formula is C9H3ClF12O. The Morgan fingerprint density at radius 1 is 0.652 bits per heavy atom. The van der Waals surface area contributed by atoms with Crippen molar-refractivity contribution in [3.8, 4) is 11.8 Å². The average molecular weight is 391 g/mol. The molecule has 0 aromatic rings. The summed E-state index contributed by atoms with van der Waals surface area (Å²) >= 11 is 3.47. The number of halogens is 13. The molecule has 0 aliphatic rings. The summed E-state index contributed by atoms with van der Waals surface area (Å²) < 4.78 is 152. The summed E-state index contributed by atoms with van der Waals surface area (Å²) in [7, 11) is 0. The van der Waals surface area contributed by atoms with Gasteiger partial charge in [-0.25, -0.2) is 0 Å². The van der Waals surface area contributed by atoms with Crippen LogP contribution in [0.2, 0.25) is 0 Å². The van der Waals surface area contributed by atoms with Gasteiger partial charge < -0.3 is 5.11 Å². The third-order valence-electron chi connectivity index (χ3n) is 2.26. The smallest absolute Gasteiger partial charge is 0.384 e. The van der Waals surface area contributed by atoms with E-state index in [0.29, 0.717) is 0 Å². The second-order valence-electron chi connectivity index (χ2n) is 3.83. The fraction of sp³-hybridized carbons (Fsp3) is 0.778. The molecule has 0 aliphatic carbocycles. The maximum atomic E-state index is 12.9. The molecule has 0 radical (unpaired) electrons. The van der Waals surface area contributed by atoms with Gasteiger partial charge in [-0.2, -0.15) is 52.7 Å². The van der Waals surface area contributed by atoms with Crippen LogP contribution in [-0.4, -0.2) is 46.7 Å². The Hall–Kier alpha value is -1.03. The fourth-order valence-corrected chi connectivity index (χ4v) is 1.12. The maximum absolute atomic E-state index is 12.9. The number of aliphatic hydroxyl groups excluding tert-OH is 1. The van der Waals surface area contributed by atoms with Gasteiger partial charge in [0.25, 0.3) is 0 Å². The van der Waals surface area contributed by atoms with E-state index in [1.807, 2.05) is 0 Å². The summed E-state index contributed by atoms with van der Waals surface area (Å²) in [5.41, 5.74) is 0. The molecule has 136 valence electrons. The number of hydrogen-bond acceptors (Lipinski definition) is 1. The molecule has 0 saturated heterocycles. The third kappa shape index (κ3) is 3.15. The summed E-state index contributed by atoms with van der Waals surface area (Å²) in [6, 6.07) is 0. The van der Waals surface area contributed by atoms with Crippen molar-refractivity contribution in [3.63, 3.8) is 0 Å². The quantitative estimate of drug-likeness (QED) is 0.428. The van der Waals surface area contributed by atoms with Gasteiger partial charge in [0, 0.05) is 0 Å². The highest BCUT2D eigenvalue weighted by atomic mass is 35.5. The minimum absolute atomic E-state index is 0.0447. The van der Waals surface area contributed by atoms with Crippen molar-refractivity contribution in [1.29, 1.82) is 0 Å². The molecule has 0 unspecified atom stereocenters. The molecular weight excluding hydrogens is 388 g/mol. The van der Waals surface area contributed by atoms with Crippen molar-refractivity contribution in [2.24, 2.45) is 0 Å².